The predicted molar refractivity (Wildman–Crippen MR) is 40.6 cm³/mol. The van der Waals surface area contributed by atoms with Crippen LogP contribution in [0, 0.1) is 0 Å². The Bertz CT molecular complexity index is 240. The van der Waals surface area contributed by atoms with Crippen LogP contribution in [0.3, 0.4) is 0 Å². The fourth-order valence-electron chi connectivity index (χ4n) is 0.638. The summed E-state index contributed by atoms with van der Waals surface area (Å²) in [6.07, 6.45) is 2.87. The predicted octanol–water partition coefficient (Wildman–Crippen LogP) is 0.212. The average Bonchev–Trinajstić information content (AvgIpc) is 2.52. The van der Waals surface area contributed by atoms with E-state index in [1.807, 2.05) is 0 Å². The van der Waals surface area contributed by atoms with Gasteiger partial charge in [-0.2, -0.15) is 5.10 Å². The second-order valence-electron chi connectivity index (χ2n) is 2.00. The van der Waals surface area contributed by atoms with Gasteiger partial charge >= 0.3 is 0 Å². The zero-order valence-electron chi connectivity index (χ0n) is 6.00. The Hall–Kier alpha value is -1.58. The third-order valence-corrected chi connectivity index (χ3v) is 1.20. The van der Waals surface area contributed by atoms with E-state index in [0.717, 1.165) is 5.69 Å². The third-order valence-electron chi connectivity index (χ3n) is 1.20. The standard InChI is InChI=1S/C7H9N3O/c1-2-7(11)8-5-6-3-4-9-10-6/h2-4H,1,5H2,(H,8,11)(H,9,10). The van der Waals surface area contributed by atoms with Crippen molar-refractivity contribution in [1.29, 1.82) is 0 Å². The van der Waals surface area contributed by atoms with Crippen LogP contribution in [-0.4, -0.2) is 16.1 Å². The SMILES string of the molecule is C=CC(=O)NCc1ccn[nH]1. The molecule has 0 fully saturated rings. The van der Waals surface area contributed by atoms with E-state index in [1.165, 1.54) is 6.08 Å². The first-order valence-corrected chi connectivity index (χ1v) is 3.21. The first-order valence-electron chi connectivity index (χ1n) is 3.21. The molecule has 11 heavy (non-hydrogen) atoms. The Kier molecular flexibility index (Phi) is 2.43. The van der Waals surface area contributed by atoms with Gasteiger partial charge in [-0.05, 0) is 12.1 Å². The molecular formula is C7H9N3O. The van der Waals surface area contributed by atoms with E-state index in [-0.39, 0.29) is 5.91 Å². The van der Waals surface area contributed by atoms with Crippen molar-refractivity contribution in [2.24, 2.45) is 0 Å². The number of amides is 1. The molecule has 0 saturated heterocycles. The highest BCUT2D eigenvalue weighted by molar-refractivity contribution is 5.86. The first-order chi connectivity index (χ1) is 5.33. The van der Waals surface area contributed by atoms with Crippen LogP contribution >= 0.6 is 0 Å². The van der Waals surface area contributed by atoms with Crippen molar-refractivity contribution in [2.45, 2.75) is 6.54 Å². The molecule has 0 bridgehead atoms. The van der Waals surface area contributed by atoms with Gasteiger partial charge in [0.05, 0.1) is 12.2 Å². The Balaban J connectivity index is 2.34. The molecule has 0 unspecified atom stereocenters. The molecule has 1 amide bonds. The minimum atomic E-state index is -0.181. The van der Waals surface area contributed by atoms with Gasteiger partial charge in [0.1, 0.15) is 0 Å². The summed E-state index contributed by atoms with van der Waals surface area (Å²) in [5.74, 6) is -0.181. The van der Waals surface area contributed by atoms with Crippen LogP contribution in [0.1, 0.15) is 5.69 Å². The number of nitrogens with zero attached hydrogens (tertiary/aromatic N) is 1. The average molecular weight is 151 g/mol. The molecule has 0 spiro atoms. The molecule has 0 saturated carbocycles. The number of H-pyrrole nitrogens is 1. The second-order valence-corrected chi connectivity index (χ2v) is 2.00. The molecule has 0 aliphatic heterocycles. The molecule has 1 aromatic heterocycles. The summed E-state index contributed by atoms with van der Waals surface area (Å²) >= 11 is 0. The molecule has 0 radical (unpaired) electrons. The number of carbonyl (C=O) groups is 1. The number of hydrogen-bond acceptors (Lipinski definition) is 2. The van der Waals surface area contributed by atoms with Crippen molar-refractivity contribution < 1.29 is 4.79 Å². The van der Waals surface area contributed by atoms with Gasteiger partial charge in [-0.3, -0.25) is 9.89 Å². The van der Waals surface area contributed by atoms with Gasteiger partial charge in [0.15, 0.2) is 0 Å². The zero-order valence-corrected chi connectivity index (χ0v) is 6.00. The molecule has 0 aliphatic rings. The van der Waals surface area contributed by atoms with E-state index >= 15 is 0 Å². The highest BCUT2D eigenvalue weighted by Crippen LogP contribution is 1.88. The molecule has 0 atom stereocenters. The monoisotopic (exact) mass is 151 g/mol. The summed E-state index contributed by atoms with van der Waals surface area (Å²) in [5, 5.41) is 9.05. The molecular weight excluding hydrogens is 142 g/mol. The van der Waals surface area contributed by atoms with Crippen LogP contribution in [0.2, 0.25) is 0 Å². The number of rotatable bonds is 3. The maximum Gasteiger partial charge on any atom is 0.243 e. The van der Waals surface area contributed by atoms with Crippen LogP contribution in [-0.2, 0) is 11.3 Å². The lowest BCUT2D eigenvalue weighted by atomic mass is 10.4. The topological polar surface area (TPSA) is 57.8 Å². The highest BCUT2D eigenvalue weighted by atomic mass is 16.1. The van der Waals surface area contributed by atoms with Crippen molar-refractivity contribution in [3.63, 3.8) is 0 Å². The Morgan fingerprint density at radius 3 is 3.27 bits per heavy atom. The number of carbonyl (C=O) groups excluding carboxylic acids is 1. The summed E-state index contributed by atoms with van der Waals surface area (Å²) in [6, 6.07) is 1.80. The van der Waals surface area contributed by atoms with Crippen molar-refractivity contribution in [1.82, 2.24) is 15.5 Å². The van der Waals surface area contributed by atoms with Crippen LogP contribution in [0.5, 0.6) is 0 Å². The molecule has 58 valence electrons. The smallest absolute Gasteiger partial charge is 0.243 e. The molecule has 4 heteroatoms. The Morgan fingerprint density at radius 1 is 1.91 bits per heavy atom. The zero-order chi connectivity index (χ0) is 8.10. The minimum Gasteiger partial charge on any atom is -0.347 e. The fourth-order valence-corrected chi connectivity index (χ4v) is 0.638. The molecule has 0 aromatic carbocycles. The van der Waals surface area contributed by atoms with E-state index < -0.39 is 0 Å². The minimum absolute atomic E-state index is 0.181. The number of aromatic amines is 1. The van der Waals surface area contributed by atoms with E-state index in [0.29, 0.717) is 6.54 Å². The quantitative estimate of drug-likeness (QED) is 0.607. The molecule has 4 nitrogen and oxygen atoms in total. The van der Waals surface area contributed by atoms with E-state index in [4.69, 9.17) is 0 Å². The van der Waals surface area contributed by atoms with Gasteiger partial charge < -0.3 is 5.32 Å². The number of aromatic nitrogens is 2. The number of hydrogen-bond donors (Lipinski definition) is 2. The second kappa shape index (κ2) is 3.55. The molecule has 1 rings (SSSR count). The van der Waals surface area contributed by atoms with Gasteiger partial charge in [0.2, 0.25) is 5.91 Å². The summed E-state index contributed by atoms with van der Waals surface area (Å²) < 4.78 is 0. The Labute approximate surface area is 64.3 Å². The lowest BCUT2D eigenvalue weighted by Gasteiger charge is -1.96. The van der Waals surface area contributed by atoms with E-state index in [1.54, 1.807) is 12.3 Å². The van der Waals surface area contributed by atoms with Gasteiger partial charge in [-0.1, -0.05) is 6.58 Å². The van der Waals surface area contributed by atoms with Crippen molar-refractivity contribution in [3.8, 4) is 0 Å². The Morgan fingerprint density at radius 2 is 2.73 bits per heavy atom. The van der Waals surface area contributed by atoms with Crippen LogP contribution in [0.15, 0.2) is 24.9 Å². The van der Waals surface area contributed by atoms with Crippen LogP contribution in [0.4, 0.5) is 0 Å². The number of nitrogens with one attached hydrogen (secondary N) is 2. The van der Waals surface area contributed by atoms with E-state index in [2.05, 4.69) is 22.1 Å². The van der Waals surface area contributed by atoms with Crippen LogP contribution in [0.25, 0.3) is 0 Å². The molecule has 0 aliphatic carbocycles. The summed E-state index contributed by atoms with van der Waals surface area (Å²) in [4.78, 5) is 10.6. The summed E-state index contributed by atoms with van der Waals surface area (Å²) in [6.45, 7) is 3.79. The van der Waals surface area contributed by atoms with Crippen molar-refractivity contribution in [2.75, 3.05) is 0 Å². The van der Waals surface area contributed by atoms with Crippen molar-refractivity contribution in [3.05, 3.63) is 30.6 Å². The largest absolute Gasteiger partial charge is 0.347 e. The maximum atomic E-state index is 10.6. The first kappa shape index (κ1) is 7.53. The van der Waals surface area contributed by atoms with Gasteiger partial charge in [0.25, 0.3) is 0 Å². The van der Waals surface area contributed by atoms with Gasteiger partial charge in [-0.15, -0.1) is 0 Å². The van der Waals surface area contributed by atoms with Gasteiger partial charge in [-0.25, -0.2) is 0 Å². The molecule has 1 heterocycles. The summed E-state index contributed by atoms with van der Waals surface area (Å²) in [7, 11) is 0. The lowest BCUT2D eigenvalue weighted by Crippen LogP contribution is -2.20. The lowest BCUT2D eigenvalue weighted by molar-refractivity contribution is -0.116. The third kappa shape index (κ3) is 2.25. The normalized spacial score (nSPS) is 9.09. The maximum absolute atomic E-state index is 10.6. The summed E-state index contributed by atoms with van der Waals surface area (Å²) in [5.41, 5.74) is 0.875. The van der Waals surface area contributed by atoms with Crippen LogP contribution < -0.4 is 5.32 Å². The van der Waals surface area contributed by atoms with E-state index in [9.17, 15) is 4.79 Å². The molecule has 1 aromatic rings. The molecule has 2 N–H and O–H groups in total. The van der Waals surface area contributed by atoms with Gasteiger partial charge in [0, 0.05) is 6.20 Å². The highest BCUT2D eigenvalue weighted by Gasteiger charge is 1.94. The van der Waals surface area contributed by atoms with Crippen molar-refractivity contribution >= 4 is 5.91 Å². The fraction of sp³-hybridized carbons (Fsp3) is 0.143.